The lowest BCUT2D eigenvalue weighted by Gasteiger charge is -2.22. The van der Waals surface area contributed by atoms with Crippen molar-refractivity contribution in [3.63, 3.8) is 0 Å². The van der Waals surface area contributed by atoms with Gasteiger partial charge in [-0.25, -0.2) is 4.89 Å². The summed E-state index contributed by atoms with van der Waals surface area (Å²) in [5.41, 5.74) is 1.61. The zero-order chi connectivity index (χ0) is 10.8. The highest BCUT2D eigenvalue weighted by Gasteiger charge is 2.21. The van der Waals surface area contributed by atoms with E-state index in [1.807, 2.05) is 26.0 Å². The predicted octanol–water partition coefficient (Wildman–Crippen LogP) is 3.53. The molecule has 78 valence electrons. The lowest BCUT2D eigenvalue weighted by molar-refractivity contribution is -0.318. The molecular formula is C12H18O2. The quantitative estimate of drug-likeness (QED) is 0.589. The first-order valence-electron chi connectivity index (χ1n) is 4.90. The molecule has 2 heteroatoms. The first-order chi connectivity index (χ1) is 6.47. The molecule has 0 saturated carbocycles. The molecule has 0 radical (unpaired) electrons. The van der Waals surface area contributed by atoms with Gasteiger partial charge in [-0.1, -0.05) is 38.1 Å². The van der Waals surface area contributed by atoms with Gasteiger partial charge < -0.3 is 0 Å². The molecule has 1 N–H and O–H groups in total. The number of hydrogen-bond donors (Lipinski definition) is 1. The molecule has 1 aromatic carbocycles. The highest BCUT2D eigenvalue weighted by molar-refractivity contribution is 5.29. The van der Waals surface area contributed by atoms with E-state index in [0.29, 0.717) is 5.92 Å². The third-order valence-electron chi connectivity index (χ3n) is 2.48. The molecule has 1 aromatic rings. The zero-order valence-corrected chi connectivity index (χ0v) is 9.24. The summed E-state index contributed by atoms with van der Waals surface area (Å²) < 4.78 is 0. The van der Waals surface area contributed by atoms with Crippen LogP contribution in [-0.2, 0) is 10.5 Å². The van der Waals surface area contributed by atoms with Gasteiger partial charge in [-0.15, -0.1) is 0 Å². The van der Waals surface area contributed by atoms with Gasteiger partial charge in [-0.05, 0) is 30.9 Å². The fourth-order valence-corrected chi connectivity index (χ4v) is 1.32. The van der Waals surface area contributed by atoms with Crippen molar-refractivity contribution in [2.75, 3.05) is 0 Å². The van der Waals surface area contributed by atoms with Gasteiger partial charge in [0.15, 0.2) is 0 Å². The molecule has 0 fully saturated rings. The minimum Gasteiger partial charge on any atom is -0.251 e. The Balaban J connectivity index is 3.05. The van der Waals surface area contributed by atoms with E-state index in [9.17, 15) is 0 Å². The summed E-state index contributed by atoms with van der Waals surface area (Å²) in [4.78, 5) is 4.46. The van der Waals surface area contributed by atoms with E-state index < -0.39 is 5.60 Å². The Morgan fingerprint density at radius 1 is 1.29 bits per heavy atom. The molecule has 2 nitrogen and oxygen atoms in total. The molecule has 0 spiro atoms. The molecule has 0 aliphatic rings. The van der Waals surface area contributed by atoms with Crippen molar-refractivity contribution >= 4 is 0 Å². The Bertz CT molecular complexity index is 303. The van der Waals surface area contributed by atoms with E-state index in [4.69, 9.17) is 5.26 Å². The summed E-state index contributed by atoms with van der Waals surface area (Å²) in [6.45, 7) is 7.97. The maximum Gasteiger partial charge on any atom is 0.123 e. The van der Waals surface area contributed by atoms with Crippen LogP contribution >= 0.6 is 0 Å². The largest absolute Gasteiger partial charge is 0.251 e. The third kappa shape index (κ3) is 2.34. The van der Waals surface area contributed by atoms with Crippen molar-refractivity contribution < 1.29 is 10.1 Å². The highest BCUT2D eigenvalue weighted by atomic mass is 17.1. The van der Waals surface area contributed by atoms with Crippen molar-refractivity contribution in [3.8, 4) is 0 Å². The second kappa shape index (κ2) is 4.11. The summed E-state index contributed by atoms with van der Waals surface area (Å²) in [5.74, 6) is 0.490. The monoisotopic (exact) mass is 194 g/mol. The Hall–Kier alpha value is -0.860. The van der Waals surface area contributed by atoms with Crippen molar-refractivity contribution in [1.82, 2.24) is 0 Å². The number of rotatable bonds is 3. The van der Waals surface area contributed by atoms with Gasteiger partial charge in [-0.3, -0.25) is 5.26 Å². The van der Waals surface area contributed by atoms with Crippen LogP contribution < -0.4 is 0 Å². The molecule has 0 saturated heterocycles. The second-order valence-electron chi connectivity index (χ2n) is 4.38. The van der Waals surface area contributed by atoms with Gasteiger partial charge >= 0.3 is 0 Å². The second-order valence-corrected chi connectivity index (χ2v) is 4.38. The van der Waals surface area contributed by atoms with Crippen molar-refractivity contribution in [2.45, 2.75) is 39.2 Å². The maximum atomic E-state index is 8.78. The molecule has 0 heterocycles. The SMILES string of the molecule is CC(C)c1cccc(C(C)(C)OO)c1. The predicted molar refractivity (Wildman–Crippen MR) is 57.3 cm³/mol. The van der Waals surface area contributed by atoms with Crippen LogP contribution in [0.15, 0.2) is 24.3 Å². The van der Waals surface area contributed by atoms with Crippen LogP contribution in [0.4, 0.5) is 0 Å². The Morgan fingerprint density at radius 3 is 2.43 bits per heavy atom. The molecule has 0 bridgehead atoms. The van der Waals surface area contributed by atoms with Crippen LogP contribution in [0, 0.1) is 0 Å². The van der Waals surface area contributed by atoms with E-state index >= 15 is 0 Å². The average molecular weight is 194 g/mol. The van der Waals surface area contributed by atoms with E-state index in [1.54, 1.807) is 0 Å². The Labute approximate surface area is 85.5 Å². The maximum absolute atomic E-state index is 8.78. The van der Waals surface area contributed by atoms with E-state index in [-0.39, 0.29) is 0 Å². The lowest BCUT2D eigenvalue weighted by Crippen LogP contribution is -2.19. The van der Waals surface area contributed by atoms with Crippen LogP contribution in [0.5, 0.6) is 0 Å². The normalized spacial score (nSPS) is 12.1. The topological polar surface area (TPSA) is 29.5 Å². The third-order valence-corrected chi connectivity index (χ3v) is 2.48. The number of benzene rings is 1. The first-order valence-corrected chi connectivity index (χ1v) is 4.90. The Morgan fingerprint density at radius 2 is 1.93 bits per heavy atom. The summed E-state index contributed by atoms with van der Waals surface area (Å²) in [6.07, 6.45) is 0. The first kappa shape index (κ1) is 11.2. The minimum absolute atomic E-state index is 0.490. The van der Waals surface area contributed by atoms with E-state index in [0.717, 1.165) is 5.56 Å². The Kier molecular flexibility index (Phi) is 3.29. The van der Waals surface area contributed by atoms with Crippen molar-refractivity contribution in [3.05, 3.63) is 35.4 Å². The highest BCUT2D eigenvalue weighted by Crippen LogP contribution is 2.26. The molecule has 0 aromatic heterocycles. The molecule has 0 amide bonds. The van der Waals surface area contributed by atoms with Crippen molar-refractivity contribution in [2.24, 2.45) is 0 Å². The summed E-state index contributed by atoms with van der Waals surface area (Å²) in [6, 6.07) is 8.11. The van der Waals surface area contributed by atoms with Crippen LogP contribution in [0.3, 0.4) is 0 Å². The fraction of sp³-hybridized carbons (Fsp3) is 0.500. The standard InChI is InChI=1S/C12H18O2/c1-9(2)10-6-5-7-11(8-10)12(3,4)14-13/h5-9,13H,1-4H3. The van der Waals surface area contributed by atoms with Gasteiger partial charge in [-0.2, -0.15) is 0 Å². The van der Waals surface area contributed by atoms with Gasteiger partial charge in [0.1, 0.15) is 5.60 Å². The van der Waals surface area contributed by atoms with Gasteiger partial charge in [0.2, 0.25) is 0 Å². The molecule has 0 unspecified atom stereocenters. The zero-order valence-electron chi connectivity index (χ0n) is 9.24. The number of hydrogen-bond acceptors (Lipinski definition) is 2. The van der Waals surface area contributed by atoms with Crippen LogP contribution in [0.1, 0.15) is 44.7 Å². The minimum atomic E-state index is -0.634. The molecule has 1 rings (SSSR count). The summed E-state index contributed by atoms with van der Waals surface area (Å²) >= 11 is 0. The molecule has 0 aliphatic heterocycles. The lowest BCUT2D eigenvalue weighted by atomic mass is 9.93. The van der Waals surface area contributed by atoms with E-state index in [2.05, 4.69) is 30.9 Å². The smallest absolute Gasteiger partial charge is 0.123 e. The van der Waals surface area contributed by atoms with Crippen LogP contribution in [0.25, 0.3) is 0 Å². The van der Waals surface area contributed by atoms with Gasteiger partial charge in [0, 0.05) is 0 Å². The van der Waals surface area contributed by atoms with E-state index in [1.165, 1.54) is 5.56 Å². The summed E-state index contributed by atoms with van der Waals surface area (Å²) in [5, 5.41) is 8.78. The molecular weight excluding hydrogens is 176 g/mol. The van der Waals surface area contributed by atoms with Crippen LogP contribution in [0.2, 0.25) is 0 Å². The van der Waals surface area contributed by atoms with Gasteiger partial charge in [0.25, 0.3) is 0 Å². The molecule has 0 aliphatic carbocycles. The molecule has 14 heavy (non-hydrogen) atoms. The molecule has 0 atom stereocenters. The van der Waals surface area contributed by atoms with Crippen molar-refractivity contribution in [1.29, 1.82) is 0 Å². The fourth-order valence-electron chi connectivity index (χ4n) is 1.32. The van der Waals surface area contributed by atoms with Gasteiger partial charge in [0.05, 0.1) is 0 Å². The summed E-state index contributed by atoms with van der Waals surface area (Å²) in [7, 11) is 0. The average Bonchev–Trinajstić information content (AvgIpc) is 2.18. The van der Waals surface area contributed by atoms with Crippen LogP contribution in [-0.4, -0.2) is 5.26 Å².